The molecule has 1 N–H and O–H groups in total. The van der Waals surface area contributed by atoms with Crippen molar-refractivity contribution in [2.45, 2.75) is 39.7 Å². The summed E-state index contributed by atoms with van der Waals surface area (Å²) < 4.78 is 0. The lowest BCUT2D eigenvalue weighted by Gasteiger charge is -2.26. The first-order valence-electron chi connectivity index (χ1n) is 11.5. The van der Waals surface area contributed by atoms with Gasteiger partial charge in [-0.1, -0.05) is 60.5 Å². The van der Waals surface area contributed by atoms with Crippen LogP contribution in [0.1, 0.15) is 41.5 Å². The highest BCUT2D eigenvalue weighted by atomic mass is 16.1. The van der Waals surface area contributed by atoms with Gasteiger partial charge in [-0.05, 0) is 91.9 Å². The Bertz CT molecular complexity index is 1090. The Hall–Kier alpha value is -3.17. The fourth-order valence-corrected chi connectivity index (χ4v) is 4.28. The average molecular weight is 425 g/mol. The van der Waals surface area contributed by atoms with Crippen molar-refractivity contribution in [3.05, 3.63) is 95.1 Å². The lowest BCUT2D eigenvalue weighted by molar-refractivity contribution is -0.111. The Morgan fingerprint density at radius 1 is 0.938 bits per heavy atom. The molecular weight excluding hydrogens is 392 g/mol. The summed E-state index contributed by atoms with van der Waals surface area (Å²) in [4.78, 5) is 14.9. The zero-order valence-corrected chi connectivity index (χ0v) is 19.1. The van der Waals surface area contributed by atoms with Crippen LogP contribution in [0.25, 0.3) is 17.2 Å². The average Bonchev–Trinajstić information content (AvgIpc) is 2.81. The third-order valence-corrected chi connectivity index (χ3v) is 6.09. The number of likely N-dealkylation sites (tertiary alicyclic amines) is 1. The molecule has 0 bridgehead atoms. The number of carbonyl (C=O) groups is 1. The van der Waals surface area contributed by atoms with Gasteiger partial charge in [0.25, 0.3) is 0 Å². The minimum Gasteiger partial charge on any atom is -0.323 e. The summed E-state index contributed by atoms with van der Waals surface area (Å²) in [5, 5.41) is 2.97. The van der Waals surface area contributed by atoms with Crippen LogP contribution in [0.15, 0.2) is 72.8 Å². The quantitative estimate of drug-likeness (QED) is 0.452. The van der Waals surface area contributed by atoms with Crippen LogP contribution in [0.2, 0.25) is 0 Å². The molecule has 1 heterocycles. The molecule has 0 aliphatic carbocycles. The number of nitrogens with zero attached hydrogens (tertiary/aromatic N) is 1. The van der Waals surface area contributed by atoms with Gasteiger partial charge in [-0.25, -0.2) is 0 Å². The molecule has 1 aliphatic rings. The maximum atomic E-state index is 12.4. The summed E-state index contributed by atoms with van der Waals surface area (Å²) >= 11 is 0. The molecule has 3 nitrogen and oxygen atoms in total. The number of aryl methyl sites for hydroxylation is 2. The molecule has 164 valence electrons. The van der Waals surface area contributed by atoms with Gasteiger partial charge in [0.05, 0.1) is 0 Å². The molecule has 0 aromatic heterocycles. The zero-order valence-electron chi connectivity index (χ0n) is 19.1. The minimum absolute atomic E-state index is 0.120. The van der Waals surface area contributed by atoms with Crippen molar-refractivity contribution < 1.29 is 4.79 Å². The minimum atomic E-state index is -0.120. The summed E-state index contributed by atoms with van der Waals surface area (Å²) in [6.45, 7) is 7.60. The van der Waals surface area contributed by atoms with E-state index in [4.69, 9.17) is 0 Å². The van der Waals surface area contributed by atoms with Crippen molar-refractivity contribution in [1.82, 2.24) is 4.90 Å². The van der Waals surface area contributed by atoms with Gasteiger partial charge < -0.3 is 5.32 Å². The molecule has 0 spiro atoms. The van der Waals surface area contributed by atoms with E-state index in [9.17, 15) is 4.79 Å². The largest absolute Gasteiger partial charge is 0.323 e. The van der Waals surface area contributed by atoms with Crippen LogP contribution in [0.3, 0.4) is 0 Å². The lowest BCUT2D eigenvalue weighted by Crippen LogP contribution is -2.29. The van der Waals surface area contributed by atoms with E-state index in [0.717, 1.165) is 23.4 Å². The maximum Gasteiger partial charge on any atom is 0.248 e. The Labute approximate surface area is 191 Å². The van der Waals surface area contributed by atoms with Gasteiger partial charge in [0.15, 0.2) is 0 Å². The fraction of sp³-hybridized carbons (Fsp3) is 0.276. The monoisotopic (exact) mass is 424 g/mol. The predicted octanol–water partition coefficient (Wildman–Crippen LogP) is 6.61. The van der Waals surface area contributed by atoms with Crippen LogP contribution < -0.4 is 5.32 Å². The van der Waals surface area contributed by atoms with Crippen LogP contribution in [-0.2, 0) is 11.3 Å². The SMILES string of the molecule is Cc1ccc(C)c(-c2cccc(C=CC(=O)Nc3ccc(CN4CCCCC4)cc3)c2)c1. The number of nitrogens with one attached hydrogen (secondary N) is 1. The standard InChI is InChI=1S/C29H32N2O/c1-22-9-10-23(2)28(19-22)26-8-6-7-24(20-26)13-16-29(32)30-27-14-11-25(12-15-27)21-31-17-4-3-5-18-31/h6-16,19-20H,3-5,17-18,21H2,1-2H3,(H,30,32). The van der Waals surface area contributed by atoms with Crippen LogP contribution in [0.4, 0.5) is 5.69 Å². The number of hydrogen-bond acceptors (Lipinski definition) is 2. The van der Waals surface area contributed by atoms with Gasteiger partial charge in [-0.3, -0.25) is 9.69 Å². The zero-order chi connectivity index (χ0) is 22.3. The smallest absolute Gasteiger partial charge is 0.248 e. The van der Waals surface area contributed by atoms with E-state index in [1.807, 2.05) is 30.3 Å². The second-order valence-corrected chi connectivity index (χ2v) is 8.80. The number of anilines is 1. The Morgan fingerprint density at radius 2 is 1.72 bits per heavy atom. The highest BCUT2D eigenvalue weighted by Crippen LogP contribution is 2.25. The van der Waals surface area contributed by atoms with E-state index in [2.05, 4.69) is 66.5 Å². The second-order valence-electron chi connectivity index (χ2n) is 8.80. The van der Waals surface area contributed by atoms with E-state index in [0.29, 0.717) is 0 Å². The number of carbonyl (C=O) groups excluding carboxylic acids is 1. The molecule has 3 heteroatoms. The van der Waals surface area contributed by atoms with Crippen LogP contribution >= 0.6 is 0 Å². The number of hydrogen-bond donors (Lipinski definition) is 1. The number of rotatable bonds is 6. The molecule has 0 unspecified atom stereocenters. The van der Waals surface area contributed by atoms with Gasteiger partial charge in [-0.15, -0.1) is 0 Å². The van der Waals surface area contributed by atoms with Crippen LogP contribution in [0, 0.1) is 13.8 Å². The van der Waals surface area contributed by atoms with E-state index in [1.165, 1.54) is 54.6 Å². The fourth-order valence-electron chi connectivity index (χ4n) is 4.28. The molecule has 32 heavy (non-hydrogen) atoms. The third kappa shape index (κ3) is 5.95. The summed E-state index contributed by atoms with van der Waals surface area (Å²) in [7, 11) is 0. The molecule has 3 aromatic carbocycles. The first-order chi connectivity index (χ1) is 15.6. The third-order valence-electron chi connectivity index (χ3n) is 6.09. The molecule has 0 atom stereocenters. The van der Waals surface area contributed by atoms with E-state index >= 15 is 0 Å². The van der Waals surface area contributed by atoms with Crippen molar-refractivity contribution in [2.24, 2.45) is 0 Å². The highest BCUT2D eigenvalue weighted by Gasteiger charge is 2.10. The van der Waals surface area contributed by atoms with Crippen molar-refractivity contribution in [2.75, 3.05) is 18.4 Å². The van der Waals surface area contributed by atoms with Crippen molar-refractivity contribution in [1.29, 1.82) is 0 Å². The number of piperidine rings is 1. The highest BCUT2D eigenvalue weighted by molar-refractivity contribution is 6.02. The Morgan fingerprint density at radius 3 is 2.50 bits per heavy atom. The number of benzene rings is 3. The van der Waals surface area contributed by atoms with Gasteiger partial charge in [0, 0.05) is 18.3 Å². The Balaban J connectivity index is 1.37. The molecule has 4 rings (SSSR count). The topological polar surface area (TPSA) is 32.3 Å². The Kier molecular flexibility index (Phi) is 7.18. The second kappa shape index (κ2) is 10.4. The van der Waals surface area contributed by atoms with Crippen LogP contribution in [-0.4, -0.2) is 23.9 Å². The molecule has 1 fully saturated rings. The first kappa shape index (κ1) is 22.0. The molecule has 1 saturated heterocycles. The molecule has 1 amide bonds. The van der Waals surface area contributed by atoms with Gasteiger partial charge >= 0.3 is 0 Å². The van der Waals surface area contributed by atoms with Crippen molar-refractivity contribution in [3.63, 3.8) is 0 Å². The first-order valence-corrected chi connectivity index (χ1v) is 11.5. The van der Waals surface area contributed by atoms with E-state index < -0.39 is 0 Å². The maximum absolute atomic E-state index is 12.4. The van der Waals surface area contributed by atoms with Crippen molar-refractivity contribution in [3.8, 4) is 11.1 Å². The predicted molar refractivity (Wildman–Crippen MR) is 135 cm³/mol. The summed E-state index contributed by atoms with van der Waals surface area (Å²) in [5.74, 6) is -0.120. The van der Waals surface area contributed by atoms with E-state index in [1.54, 1.807) is 6.08 Å². The number of amides is 1. The summed E-state index contributed by atoms with van der Waals surface area (Å²) in [6.07, 6.45) is 7.42. The molecule has 1 aliphatic heterocycles. The molecule has 0 saturated carbocycles. The van der Waals surface area contributed by atoms with Gasteiger partial charge in [0.2, 0.25) is 5.91 Å². The summed E-state index contributed by atoms with van der Waals surface area (Å²) in [6, 6.07) is 23.0. The lowest BCUT2D eigenvalue weighted by atomic mass is 9.97. The summed E-state index contributed by atoms with van der Waals surface area (Å²) in [5.41, 5.74) is 8.02. The van der Waals surface area contributed by atoms with Gasteiger partial charge in [0.1, 0.15) is 0 Å². The van der Waals surface area contributed by atoms with E-state index in [-0.39, 0.29) is 5.91 Å². The van der Waals surface area contributed by atoms with Crippen molar-refractivity contribution >= 4 is 17.7 Å². The van der Waals surface area contributed by atoms with Gasteiger partial charge in [-0.2, -0.15) is 0 Å². The molecule has 3 aromatic rings. The molecule has 0 radical (unpaired) electrons. The molecular formula is C29H32N2O. The van der Waals surface area contributed by atoms with Crippen LogP contribution in [0.5, 0.6) is 0 Å². The normalized spacial score (nSPS) is 14.6.